The Morgan fingerprint density at radius 1 is 0.885 bits per heavy atom. The van der Waals surface area contributed by atoms with Gasteiger partial charge < -0.3 is 9.47 Å². The molecule has 128 valence electrons. The zero-order valence-corrected chi connectivity index (χ0v) is 13.9. The summed E-state index contributed by atoms with van der Waals surface area (Å²) >= 11 is 0. The van der Waals surface area contributed by atoms with Gasteiger partial charge in [-0.3, -0.25) is 14.6 Å². The highest BCUT2D eigenvalue weighted by molar-refractivity contribution is 6.34. The van der Waals surface area contributed by atoms with Gasteiger partial charge in [-0.05, 0) is 36.4 Å². The molecule has 26 heavy (non-hydrogen) atoms. The average Bonchev–Trinajstić information content (AvgIpc) is 2.94. The molecule has 1 aromatic heterocycles. The van der Waals surface area contributed by atoms with E-state index in [-0.39, 0.29) is 11.8 Å². The summed E-state index contributed by atoms with van der Waals surface area (Å²) in [5, 5.41) is 0. The van der Waals surface area contributed by atoms with Gasteiger partial charge in [0, 0.05) is 12.3 Å². The molecule has 0 atom stereocenters. The number of methoxy groups -OCH3 is 1. The van der Waals surface area contributed by atoms with E-state index in [0.717, 1.165) is 4.90 Å². The number of aromatic nitrogens is 1. The Labute approximate surface area is 149 Å². The number of nitrogens with zero attached hydrogens (tertiary/aromatic N) is 2. The van der Waals surface area contributed by atoms with Crippen molar-refractivity contribution in [2.75, 3.05) is 12.0 Å². The van der Waals surface area contributed by atoms with Gasteiger partial charge in [0.2, 0.25) is 0 Å². The second kappa shape index (κ2) is 6.33. The second-order valence-corrected chi connectivity index (χ2v) is 5.62. The Kier molecular flexibility index (Phi) is 3.85. The number of carbonyl (C=O) groups is 2. The number of fused-ring (bicyclic) bond motifs is 1. The molecule has 0 bridgehead atoms. The number of imide groups is 1. The highest BCUT2D eigenvalue weighted by Crippen LogP contribution is 2.37. The van der Waals surface area contributed by atoms with Crippen molar-refractivity contribution in [2.45, 2.75) is 0 Å². The van der Waals surface area contributed by atoms with E-state index in [1.165, 1.54) is 7.11 Å². The maximum absolute atomic E-state index is 12.6. The van der Waals surface area contributed by atoms with Crippen LogP contribution in [0.5, 0.6) is 17.2 Å². The predicted octanol–water partition coefficient (Wildman–Crippen LogP) is 3.68. The normalized spacial score (nSPS) is 12.9. The summed E-state index contributed by atoms with van der Waals surface area (Å²) in [6, 6.07) is 15.2. The first-order valence-electron chi connectivity index (χ1n) is 7.93. The number of benzene rings is 2. The monoisotopic (exact) mass is 346 g/mol. The molecule has 6 nitrogen and oxygen atoms in total. The summed E-state index contributed by atoms with van der Waals surface area (Å²) in [7, 11) is 1.50. The molecule has 6 heteroatoms. The van der Waals surface area contributed by atoms with E-state index >= 15 is 0 Å². The Bertz CT molecular complexity index is 967. The van der Waals surface area contributed by atoms with Crippen LogP contribution in [0.3, 0.4) is 0 Å². The van der Waals surface area contributed by atoms with Gasteiger partial charge in [-0.15, -0.1) is 0 Å². The molecule has 2 amide bonds. The van der Waals surface area contributed by atoms with E-state index in [1.54, 1.807) is 67.0 Å². The summed E-state index contributed by atoms with van der Waals surface area (Å²) in [6.45, 7) is 0. The predicted molar refractivity (Wildman–Crippen MR) is 94.9 cm³/mol. The highest BCUT2D eigenvalue weighted by Gasteiger charge is 2.36. The summed E-state index contributed by atoms with van der Waals surface area (Å²) in [5.74, 6) is 0.713. The van der Waals surface area contributed by atoms with Crippen LogP contribution in [0.4, 0.5) is 5.69 Å². The van der Waals surface area contributed by atoms with Crippen molar-refractivity contribution in [3.05, 3.63) is 78.1 Å². The van der Waals surface area contributed by atoms with Crippen molar-refractivity contribution in [3.63, 3.8) is 0 Å². The Balaban J connectivity index is 1.69. The van der Waals surface area contributed by atoms with Gasteiger partial charge in [0.1, 0.15) is 5.75 Å². The summed E-state index contributed by atoms with van der Waals surface area (Å²) in [6.07, 6.45) is 3.23. The van der Waals surface area contributed by atoms with Crippen LogP contribution in [0.1, 0.15) is 20.7 Å². The summed E-state index contributed by atoms with van der Waals surface area (Å²) in [5.41, 5.74) is 1.21. The van der Waals surface area contributed by atoms with Gasteiger partial charge in [0.05, 0.1) is 30.1 Å². The van der Waals surface area contributed by atoms with Crippen LogP contribution in [0.2, 0.25) is 0 Å². The molecule has 4 rings (SSSR count). The number of pyridine rings is 1. The number of rotatable bonds is 4. The number of carbonyl (C=O) groups excluding carboxylic acids is 2. The quantitative estimate of drug-likeness (QED) is 0.674. The van der Waals surface area contributed by atoms with Gasteiger partial charge in [-0.25, -0.2) is 4.90 Å². The van der Waals surface area contributed by atoms with E-state index < -0.39 is 0 Å². The fraction of sp³-hybridized carbons (Fsp3) is 0.0500. The lowest BCUT2D eigenvalue weighted by atomic mass is 10.1. The summed E-state index contributed by atoms with van der Waals surface area (Å²) < 4.78 is 11.1. The van der Waals surface area contributed by atoms with Crippen LogP contribution < -0.4 is 14.4 Å². The minimum absolute atomic E-state index is 0.353. The maximum atomic E-state index is 12.6. The number of amides is 2. The molecule has 0 unspecified atom stereocenters. The van der Waals surface area contributed by atoms with Crippen molar-refractivity contribution in [1.29, 1.82) is 0 Å². The first kappa shape index (κ1) is 15.8. The van der Waals surface area contributed by atoms with Crippen LogP contribution in [-0.2, 0) is 0 Å². The average molecular weight is 346 g/mol. The zero-order valence-electron chi connectivity index (χ0n) is 13.9. The molecule has 2 heterocycles. The molecule has 1 aliphatic heterocycles. The molecular weight excluding hydrogens is 332 g/mol. The van der Waals surface area contributed by atoms with E-state index in [0.29, 0.717) is 34.1 Å². The molecule has 1 aliphatic rings. The van der Waals surface area contributed by atoms with E-state index in [2.05, 4.69) is 4.98 Å². The molecule has 0 saturated carbocycles. The Hall–Kier alpha value is -3.67. The maximum Gasteiger partial charge on any atom is 0.266 e. The van der Waals surface area contributed by atoms with Crippen LogP contribution in [0, 0.1) is 0 Å². The summed E-state index contributed by atoms with van der Waals surface area (Å²) in [4.78, 5) is 30.4. The van der Waals surface area contributed by atoms with Crippen molar-refractivity contribution < 1.29 is 19.1 Å². The van der Waals surface area contributed by atoms with Crippen molar-refractivity contribution >= 4 is 17.5 Å². The van der Waals surface area contributed by atoms with E-state index in [4.69, 9.17) is 9.47 Å². The number of hydrogen-bond acceptors (Lipinski definition) is 5. The van der Waals surface area contributed by atoms with Crippen LogP contribution in [-0.4, -0.2) is 23.9 Å². The van der Waals surface area contributed by atoms with Gasteiger partial charge in [-0.1, -0.05) is 12.1 Å². The van der Waals surface area contributed by atoms with Gasteiger partial charge in [-0.2, -0.15) is 0 Å². The second-order valence-electron chi connectivity index (χ2n) is 5.62. The third-order valence-electron chi connectivity index (χ3n) is 4.06. The smallest absolute Gasteiger partial charge is 0.266 e. The molecular formula is C20H14N2O4. The zero-order chi connectivity index (χ0) is 18.1. The molecule has 3 aromatic rings. The molecule has 0 spiro atoms. The van der Waals surface area contributed by atoms with E-state index in [1.807, 2.05) is 0 Å². The van der Waals surface area contributed by atoms with Crippen molar-refractivity contribution in [3.8, 4) is 17.2 Å². The highest BCUT2D eigenvalue weighted by atomic mass is 16.5. The SMILES string of the molecule is COc1cc(N2C(=O)c3ccccc3C2=O)ccc1Oc1cccnc1. The largest absolute Gasteiger partial charge is 0.493 e. The Morgan fingerprint density at radius 3 is 2.23 bits per heavy atom. The van der Waals surface area contributed by atoms with Gasteiger partial charge in [0.25, 0.3) is 11.8 Å². The Morgan fingerprint density at radius 2 is 1.62 bits per heavy atom. The molecule has 0 N–H and O–H groups in total. The topological polar surface area (TPSA) is 68.7 Å². The lowest BCUT2D eigenvalue weighted by Gasteiger charge is -2.17. The molecule has 0 radical (unpaired) electrons. The fourth-order valence-corrected chi connectivity index (χ4v) is 2.84. The minimum Gasteiger partial charge on any atom is -0.493 e. The first-order chi connectivity index (χ1) is 12.7. The van der Waals surface area contributed by atoms with Crippen molar-refractivity contribution in [1.82, 2.24) is 4.98 Å². The third kappa shape index (κ3) is 2.57. The molecule has 2 aromatic carbocycles. The number of ether oxygens (including phenoxy) is 2. The fourth-order valence-electron chi connectivity index (χ4n) is 2.84. The van der Waals surface area contributed by atoms with Crippen molar-refractivity contribution in [2.24, 2.45) is 0 Å². The first-order valence-corrected chi connectivity index (χ1v) is 7.93. The van der Waals surface area contributed by atoms with E-state index in [9.17, 15) is 9.59 Å². The standard InChI is InChI=1S/C20H14N2O4/c1-25-18-11-13(8-9-17(18)26-14-5-4-10-21-12-14)22-19(23)15-6-2-3-7-16(15)20(22)24/h2-12H,1H3. The van der Waals surface area contributed by atoms with Crippen LogP contribution >= 0.6 is 0 Å². The third-order valence-corrected chi connectivity index (χ3v) is 4.06. The number of anilines is 1. The molecule has 0 aliphatic carbocycles. The van der Waals surface area contributed by atoms with Crippen LogP contribution in [0.15, 0.2) is 67.0 Å². The van der Waals surface area contributed by atoms with Gasteiger partial charge >= 0.3 is 0 Å². The van der Waals surface area contributed by atoms with Gasteiger partial charge in [0.15, 0.2) is 11.5 Å². The lowest BCUT2D eigenvalue weighted by molar-refractivity contribution is 0.0926. The lowest BCUT2D eigenvalue weighted by Crippen LogP contribution is -2.29. The molecule has 0 saturated heterocycles. The number of hydrogen-bond donors (Lipinski definition) is 0. The minimum atomic E-state index is -0.353. The molecule has 0 fully saturated rings. The van der Waals surface area contributed by atoms with Crippen LogP contribution in [0.25, 0.3) is 0 Å².